The Morgan fingerprint density at radius 1 is 1.27 bits per heavy atom. The maximum absolute atomic E-state index is 5.69. The Kier molecular flexibility index (Phi) is 4.44. The van der Waals surface area contributed by atoms with E-state index in [0.717, 1.165) is 43.4 Å². The van der Waals surface area contributed by atoms with Gasteiger partial charge in [0.15, 0.2) is 0 Å². The highest BCUT2D eigenvalue weighted by molar-refractivity contribution is 5.49. The predicted molar refractivity (Wildman–Crippen MR) is 90.0 cm³/mol. The second-order valence-electron chi connectivity index (χ2n) is 5.63. The zero-order valence-electron chi connectivity index (χ0n) is 12.8. The molecule has 2 aromatic rings. The van der Waals surface area contributed by atoms with Crippen LogP contribution in [0, 0.1) is 0 Å². The molecule has 5 heteroatoms. The summed E-state index contributed by atoms with van der Waals surface area (Å²) in [6, 6.07) is 12.0. The summed E-state index contributed by atoms with van der Waals surface area (Å²) >= 11 is 0. The number of nitrogens with two attached hydrogens (primary N) is 1. The molecule has 0 unspecified atom stereocenters. The maximum atomic E-state index is 5.69. The molecule has 0 saturated carbocycles. The van der Waals surface area contributed by atoms with Crippen LogP contribution in [0.4, 0.5) is 17.2 Å². The Morgan fingerprint density at radius 3 is 2.77 bits per heavy atom. The number of anilines is 3. The molecule has 0 aliphatic carbocycles. The summed E-state index contributed by atoms with van der Waals surface area (Å²) in [6.07, 6.45) is 2.14. The second-order valence-corrected chi connectivity index (χ2v) is 5.63. The number of pyridine rings is 1. The first-order valence-electron chi connectivity index (χ1n) is 7.61. The van der Waals surface area contributed by atoms with Gasteiger partial charge >= 0.3 is 0 Å². The molecular formula is C17H22N4O. The molecule has 1 aromatic carbocycles. The molecular weight excluding hydrogens is 276 g/mol. The van der Waals surface area contributed by atoms with E-state index >= 15 is 0 Å². The Bertz CT molecular complexity index is 597. The zero-order valence-corrected chi connectivity index (χ0v) is 12.8. The lowest BCUT2D eigenvalue weighted by Crippen LogP contribution is -2.41. The van der Waals surface area contributed by atoms with E-state index in [1.165, 1.54) is 5.56 Å². The van der Waals surface area contributed by atoms with Crippen LogP contribution in [-0.2, 0) is 11.3 Å². The van der Waals surface area contributed by atoms with E-state index in [2.05, 4.69) is 34.3 Å². The normalized spacial score (nSPS) is 18.2. The van der Waals surface area contributed by atoms with Crippen molar-refractivity contribution in [3.63, 3.8) is 0 Å². The Hall–Kier alpha value is -2.27. The third kappa shape index (κ3) is 3.68. The molecule has 1 aromatic heterocycles. The Balaban J connectivity index is 1.58. The summed E-state index contributed by atoms with van der Waals surface area (Å²) < 4.78 is 5.56. The number of nitrogens with one attached hydrogen (secondary N) is 1. The minimum absolute atomic E-state index is 0.263. The summed E-state index contributed by atoms with van der Waals surface area (Å²) in [5.74, 6) is 1.01. The summed E-state index contributed by atoms with van der Waals surface area (Å²) in [6.45, 7) is 5.41. The van der Waals surface area contributed by atoms with Crippen molar-refractivity contribution >= 4 is 17.2 Å². The number of hydrogen-bond acceptors (Lipinski definition) is 5. The number of aromatic nitrogens is 1. The van der Waals surface area contributed by atoms with Crippen molar-refractivity contribution in [2.75, 3.05) is 35.6 Å². The molecule has 22 heavy (non-hydrogen) atoms. The summed E-state index contributed by atoms with van der Waals surface area (Å²) in [5, 5.41) is 3.37. The fourth-order valence-electron chi connectivity index (χ4n) is 2.54. The topological polar surface area (TPSA) is 63.4 Å². The van der Waals surface area contributed by atoms with Gasteiger partial charge in [-0.15, -0.1) is 0 Å². The van der Waals surface area contributed by atoms with Crippen molar-refractivity contribution in [1.29, 1.82) is 0 Å². The van der Waals surface area contributed by atoms with Crippen LogP contribution in [0.15, 0.2) is 42.6 Å². The minimum atomic E-state index is 0.263. The molecule has 0 amide bonds. The highest BCUT2D eigenvalue weighted by atomic mass is 16.5. The molecule has 0 spiro atoms. The van der Waals surface area contributed by atoms with E-state index in [0.29, 0.717) is 0 Å². The first kappa shape index (κ1) is 14.7. The first-order valence-corrected chi connectivity index (χ1v) is 7.61. The molecule has 116 valence electrons. The Labute approximate surface area is 131 Å². The van der Waals surface area contributed by atoms with E-state index < -0.39 is 0 Å². The number of nitrogen functional groups attached to an aromatic ring is 1. The molecule has 0 bridgehead atoms. The molecule has 1 saturated heterocycles. The van der Waals surface area contributed by atoms with Gasteiger partial charge in [-0.2, -0.15) is 0 Å². The highest BCUT2D eigenvalue weighted by Crippen LogP contribution is 2.18. The SMILES string of the molecule is C[C@@H]1CN(c2ccc(NCc3ccc(N)cc3)cn2)CCO1. The van der Waals surface area contributed by atoms with Gasteiger partial charge in [0.05, 0.1) is 24.6 Å². The number of nitrogens with zero attached hydrogens (tertiary/aromatic N) is 2. The Morgan fingerprint density at radius 2 is 2.09 bits per heavy atom. The second kappa shape index (κ2) is 6.66. The lowest BCUT2D eigenvalue weighted by molar-refractivity contribution is 0.0529. The van der Waals surface area contributed by atoms with Crippen molar-refractivity contribution in [2.45, 2.75) is 19.6 Å². The van der Waals surface area contributed by atoms with Gasteiger partial charge in [0.1, 0.15) is 5.82 Å². The van der Waals surface area contributed by atoms with Gasteiger partial charge in [-0.25, -0.2) is 4.98 Å². The summed E-state index contributed by atoms with van der Waals surface area (Å²) in [7, 11) is 0. The molecule has 1 aliphatic rings. The monoisotopic (exact) mass is 298 g/mol. The highest BCUT2D eigenvalue weighted by Gasteiger charge is 2.17. The standard InChI is InChI=1S/C17H22N4O/c1-13-12-21(8-9-22-13)17-7-6-16(11-20-17)19-10-14-2-4-15(18)5-3-14/h2-7,11,13,19H,8-10,12,18H2,1H3/t13-/m1/s1. The van der Waals surface area contributed by atoms with E-state index in [1.54, 1.807) is 0 Å². The molecule has 5 nitrogen and oxygen atoms in total. The molecule has 2 heterocycles. The quantitative estimate of drug-likeness (QED) is 0.849. The van der Waals surface area contributed by atoms with Crippen molar-refractivity contribution in [3.05, 3.63) is 48.2 Å². The van der Waals surface area contributed by atoms with Gasteiger partial charge in [0.2, 0.25) is 0 Å². The number of rotatable bonds is 4. The number of benzene rings is 1. The van der Waals surface area contributed by atoms with Crippen LogP contribution in [0.3, 0.4) is 0 Å². The zero-order chi connectivity index (χ0) is 15.4. The van der Waals surface area contributed by atoms with Gasteiger partial charge < -0.3 is 20.7 Å². The molecule has 1 atom stereocenters. The van der Waals surface area contributed by atoms with Crippen LogP contribution in [0.5, 0.6) is 0 Å². The fourth-order valence-corrected chi connectivity index (χ4v) is 2.54. The number of ether oxygens (including phenoxy) is 1. The predicted octanol–water partition coefficient (Wildman–Crippen LogP) is 2.50. The number of morpholine rings is 1. The molecule has 1 fully saturated rings. The van der Waals surface area contributed by atoms with Gasteiger partial charge in [-0.3, -0.25) is 0 Å². The number of hydrogen-bond donors (Lipinski definition) is 2. The van der Waals surface area contributed by atoms with Crippen molar-refractivity contribution in [2.24, 2.45) is 0 Å². The average molecular weight is 298 g/mol. The van der Waals surface area contributed by atoms with E-state index in [1.807, 2.05) is 30.5 Å². The van der Waals surface area contributed by atoms with Crippen LogP contribution in [-0.4, -0.2) is 30.8 Å². The summed E-state index contributed by atoms with van der Waals surface area (Å²) in [4.78, 5) is 6.81. The lowest BCUT2D eigenvalue weighted by Gasteiger charge is -2.32. The van der Waals surface area contributed by atoms with Gasteiger partial charge in [0, 0.05) is 25.3 Å². The van der Waals surface area contributed by atoms with Crippen LogP contribution < -0.4 is 16.0 Å². The van der Waals surface area contributed by atoms with Gasteiger partial charge in [-0.05, 0) is 36.8 Å². The van der Waals surface area contributed by atoms with Crippen molar-refractivity contribution < 1.29 is 4.74 Å². The summed E-state index contributed by atoms with van der Waals surface area (Å²) in [5.41, 5.74) is 8.68. The average Bonchev–Trinajstić information content (AvgIpc) is 2.55. The lowest BCUT2D eigenvalue weighted by atomic mass is 10.2. The largest absolute Gasteiger partial charge is 0.399 e. The van der Waals surface area contributed by atoms with Crippen LogP contribution in [0.1, 0.15) is 12.5 Å². The maximum Gasteiger partial charge on any atom is 0.128 e. The van der Waals surface area contributed by atoms with Crippen LogP contribution in [0.2, 0.25) is 0 Å². The third-order valence-corrected chi connectivity index (χ3v) is 3.79. The first-order chi connectivity index (χ1) is 10.7. The van der Waals surface area contributed by atoms with Crippen molar-refractivity contribution in [1.82, 2.24) is 4.98 Å². The van der Waals surface area contributed by atoms with E-state index in [-0.39, 0.29) is 6.10 Å². The van der Waals surface area contributed by atoms with Crippen molar-refractivity contribution in [3.8, 4) is 0 Å². The van der Waals surface area contributed by atoms with Crippen LogP contribution in [0.25, 0.3) is 0 Å². The smallest absolute Gasteiger partial charge is 0.128 e. The van der Waals surface area contributed by atoms with Gasteiger partial charge in [0.25, 0.3) is 0 Å². The van der Waals surface area contributed by atoms with E-state index in [9.17, 15) is 0 Å². The fraction of sp³-hybridized carbons (Fsp3) is 0.353. The van der Waals surface area contributed by atoms with E-state index in [4.69, 9.17) is 10.5 Å². The minimum Gasteiger partial charge on any atom is -0.399 e. The molecule has 3 rings (SSSR count). The molecule has 1 aliphatic heterocycles. The molecule has 0 radical (unpaired) electrons. The molecule has 3 N–H and O–H groups in total. The third-order valence-electron chi connectivity index (χ3n) is 3.79. The van der Waals surface area contributed by atoms with Gasteiger partial charge in [-0.1, -0.05) is 12.1 Å². The van der Waals surface area contributed by atoms with Crippen LogP contribution >= 0.6 is 0 Å².